The minimum atomic E-state index is -0.916. The number of nitrogens with one attached hydrogen (secondary N) is 1. The summed E-state index contributed by atoms with van der Waals surface area (Å²) in [5.74, 6) is -1.15. The van der Waals surface area contributed by atoms with Gasteiger partial charge in [-0.15, -0.1) is 11.3 Å². The van der Waals surface area contributed by atoms with Crippen molar-refractivity contribution in [2.45, 2.75) is 13.1 Å². The van der Waals surface area contributed by atoms with Crippen LogP contribution in [0.5, 0.6) is 0 Å². The van der Waals surface area contributed by atoms with Crippen LogP contribution in [0, 0.1) is 5.82 Å². The number of hydrogen-bond acceptors (Lipinski definition) is 3. The van der Waals surface area contributed by atoms with E-state index in [0.29, 0.717) is 23.5 Å². The molecule has 0 radical (unpaired) electrons. The average Bonchev–Trinajstić information content (AvgIpc) is 2.80. The molecule has 0 aliphatic rings. The molecule has 94 valence electrons. The van der Waals surface area contributed by atoms with Gasteiger partial charge in [-0.05, 0) is 18.2 Å². The third kappa shape index (κ3) is 3.15. The van der Waals surface area contributed by atoms with Gasteiger partial charge in [0.25, 0.3) is 0 Å². The molecule has 0 aliphatic carbocycles. The number of benzene rings is 1. The van der Waals surface area contributed by atoms with E-state index in [1.54, 1.807) is 30.3 Å². The first kappa shape index (κ1) is 12.7. The number of carbonyl (C=O) groups is 1. The zero-order chi connectivity index (χ0) is 13.0. The van der Waals surface area contributed by atoms with Crippen molar-refractivity contribution in [2.75, 3.05) is 0 Å². The van der Waals surface area contributed by atoms with Crippen LogP contribution in [-0.2, 0) is 13.1 Å². The summed E-state index contributed by atoms with van der Waals surface area (Å²) in [6.45, 7) is 0.958. The SMILES string of the molecule is O=C(O)c1ccc(CNCc2ccccc2F)s1. The summed E-state index contributed by atoms with van der Waals surface area (Å²) in [4.78, 5) is 11.9. The van der Waals surface area contributed by atoms with Crippen molar-refractivity contribution in [3.63, 3.8) is 0 Å². The van der Waals surface area contributed by atoms with Gasteiger partial charge >= 0.3 is 5.97 Å². The van der Waals surface area contributed by atoms with Crippen LogP contribution in [-0.4, -0.2) is 11.1 Å². The molecule has 0 fully saturated rings. The molecule has 2 aromatic rings. The lowest BCUT2D eigenvalue weighted by Gasteiger charge is -2.04. The van der Waals surface area contributed by atoms with E-state index < -0.39 is 5.97 Å². The Morgan fingerprint density at radius 2 is 2.00 bits per heavy atom. The highest BCUT2D eigenvalue weighted by Gasteiger charge is 2.06. The van der Waals surface area contributed by atoms with Crippen LogP contribution < -0.4 is 5.32 Å². The summed E-state index contributed by atoms with van der Waals surface area (Å²) >= 11 is 1.22. The van der Waals surface area contributed by atoms with Crippen LogP contribution in [0.1, 0.15) is 20.1 Å². The maximum atomic E-state index is 13.3. The molecule has 3 nitrogen and oxygen atoms in total. The van der Waals surface area contributed by atoms with Gasteiger partial charge in [0, 0.05) is 23.5 Å². The predicted molar refractivity (Wildman–Crippen MR) is 68.2 cm³/mol. The smallest absolute Gasteiger partial charge is 0.345 e. The van der Waals surface area contributed by atoms with E-state index in [9.17, 15) is 9.18 Å². The number of aromatic carboxylic acids is 1. The number of halogens is 1. The van der Waals surface area contributed by atoms with Gasteiger partial charge in [-0.1, -0.05) is 18.2 Å². The van der Waals surface area contributed by atoms with E-state index in [4.69, 9.17) is 5.11 Å². The molecule has 0 saturated heterocycles. The van der Waals surface area contributed by atoms with Crippen LogP contribution >= 0.6 is 11.3 Å². The second-order valence-corrected chi connectivity index (χ2v) is 4.93. The molecule has 2 rings (SSSR count). The van der Waals surface area contributed by atoms with E-state index in [1.807, 2.05) is 0 Å². The number of carboxylic acid groups (broad SMARTS) is 1. The Bertz CT molecular complexity index is 553. The van der Waals surface area contributed by atoms with Crippen molar-refractivity contribution in [3.05, 3.63) is 57.5 Å². The van der Waals surface area contributed by atoms with Crippen molar-refractivity contribution in [2.24, 2.45) is 0 Å². The largest absolute Gasteiger partial charge is 0.477 e. The van der Waals surface area contributed by atoms with Crippen LogP contribution in [0.3, 0.4) is 0 Å². The van der Waals surface area contributed by atoms with Crippen LogP contribution in [0.25, 0.3) is 0 Å². The number of hydrogen-bond donors (Lipinski definition) is 2. The predicted octanol–water partition coefficient (Wildman–Crippen LogP) is 2.88. The van der Waals surface area contributed by atoms with Crippen molar-refractivity contribution in [3.8, 4) is 0 Å². The van der Waals surface area contributed by atoms with E-state index in [2.05, 4.69) is 5.32 Å². The van der Waals surface area contributed by atoms with Crippen molar-refractivity contribution in [1.29, 1.82) is 0 Å². The Morgan fingerprint density at radius 1 is 1.22 bits per heavy atom. The molecule has 1 heterocycles. The summed E-state index contributed by atoms with van der Waals surface area (Å²) < 4.78 is 13.3. The van der Waals surface area contributed by atoms with Gasteiger partial charge in [-0.3, -0.25) is 0 Å². The normalized spacial score (nSPS) is 10.5. The van der Waals surface area contributed by atoms with Crippen molar-refractivity contribution in [1.82, 2.24) is 5.32 Å². The summed E-state index contributed by atoms with van der Waals surface area (Å²) in [7, 11) is 0. The Morgan fingerprint density at radius 3 is 2.67 bits per heavy atom. The van der Waals surface area contributed by atoms with Crippen LogP contribution in [0.15, 0.2) is 36.4 Å². The molecule has 1 aromatic carbocycles. The molecule has 0 atom stereocenters. The summed E-state index contributed by atoms with van der Waals surface area (Å²) in [6, 6.07) is 9.92. The summed E-state index contributed by atoms with van der Waals surface area (Å²) in [5, 5.41) is 11.9. The summed E-state index contributed by atoms with van der Waals surface area (Å²) in [6.07, 6.45) is 0. The molecule has 0 spiro atoms. The lowest BCUT2D eigenvalue weighted by molar-refractivity contribution is 0.0702. The Balaban J connectivity index is 1.88. The molecule has 0 aliphatic heterocycles. The summed E-state index contributed by atoms with van der Waals surface area (Å²) in [5.41, 5.74) is 0.604. The first-order valence-corrected chi connectivity index (χ1v) is 6.24. The maximum Gasteiger partial charge on any atom is 0.345 e. The number of thiophene rings is 1. The Hall–Kier alpha value is -1.72. The highest BCUT2D eigenvalue weighted by molar-refractivity contribution is 7.13. The van der Waals surface area contributed by atoms with Gasteiger partial charge in [0.1, 0.15) is 10.7 Å². The van der Waals surface area contributed by atoms with Gasteiger partial charge in [0.2, 0.25) is 0 Å². The molecule has 0 amide bonds. The molecule has 18 heavy (non-hydrogen) atoms. The lowest BCUT2D eigenvalue weighted by atomic mass is 10.2. The first-order valence-electron chi connectivity index (χ1n) is 5.43. The standard InChI is InChI=1S/C13H12FNO2S/c14-11-4-2-1-3-9(11)7-15-8-10-5-6-12(18-10)13(16)17/h1-6,15H,7-8H2,(H,16,17). The topological polar surface area (TPSA) is 49.3 Å². The minimum Gasteiger partial charge on any atom is -0.477 e. The minimum absolute atomic E-state index is 0.234. The molecular weight excluding hydrogens is 253 g/mol. The van der Waals surface area contributed by atoms with Crippen molar-refractivity contribution >= 4 is 17.3 Å². The van der Waals surface area contributed by atoms with Crippen LogP contribution in [0.4, 0.5) is 4.39 Å². The second kappa shape index (κ2) is 5.75. The maximum absolute atomic E-state index is 13.3. The fourth-order valence-electron chi connectivity index (χ4n) is 1.55. The van der Waals surface area contributed by atoms with E-state index in [1.165, 1.54) is 17.4 Å². The number of rotatable bonds is 5. The Kier molecular flexibility index (Phi) is 4.07. The molecule has 5 heteroatoms. The van der Waals surface area contributed by atoms with Gasteiger partial charge in [0.05, 0.1) is 0 Å². The first-order chi connectivity index (χ1) is 8.66. The quantitative estimate of drug-likeness (QED) is 0.874. The molecule has 0 saturated carbocycles. The zero-order valence-electron chi connectivity index (χ0n) is 9.52. The van der Waals surface area contributed by atoms with Crippen molar-refractivity contribution < 1.29 is 14.3 Å². The lowest BCUT2D eigenvalue weighted by Crippen LogP contribution is -2.12. The molecule has 0 unspecified atom stereocenters. The Labute approximate surface area is 108 Å². The average molecular weight is 265 g/mol. The van der Waals surface area contributed by atoms with Gasteiger partial charge < -0.3 is 10.4 Å². The molecule has 0 bridgehead atoms. The third-order valence-corrected chi connectivity index (χ3v) is 3.52. The van der Waals surface area contributed by atoms with Crippen LogP contribution in [0.2, 0.25) is 0 Å². The number of carboxylic acids is 1. The zero-order valence-corrected chi connectivity index (χ0v) is 10.3. The van der Waals surface area contributed by atoms with Gasteiger partial charge in [-0.2, -0.15) is 0 Å². The van der Waals surface area contributed by atoms with E-state index in [0.717, 1.165) is 4.88 Å². The highest BCUT2D eigenvalue weighted by Crippen LogP contribution is 2.16. The fraction of sp³-hybridized carbons (Fsp3) is 0.154. The van der Waals surface area contributed by atoms with Gasteiger partial charge in [-0.25, -0.2) is 9.18 Å². The highest BCUT2D eigenvalue weighted by atomic mass is 32.1. The fourth-order valence-corrected chi connectivity index (χ4v) is 2.37. The monoisotopic (exact) mass is 265 g/mol. The molecule has 1 aromatic heterocycles. The van der Waals surface area contributed by atoms with Gasteiger partial charge in [0.15, 0.2) is 0 Å². The molecular formula is C13H12FNO2S. The van der Waals surface area contributed by atoms with E-state index >= 15 is 0 Å². The molecule has 2 N–H and O–H groups in total. The second-order valence-electron chi connectivity index (χ2n) is 3.77. The third-order valence-electron chi connectivity index (χ3n) is 2.44. The van der Waals surface area contributed by atoms with E-state index in [-0.39, 0.29) is 5.82 Å².